The fourth-order valence-electron chi connectivity index (χ4n) is 14.1. The molecule has 12 nitrogen and oxygen atoms in total. The second-order valence-electron chi connectivity index (χ2n) is 23.1. The maximum absolute atomic E-state index is 14.0. The number of hydrogen-bond donors (Lipinski definition) is 5. The van der Waals surface area contributed by atoms with E-state index in [2.05, 4.69) is 45.3 Å². The zero-order chi connectivity index (χ0) is 42.6. The molecule has 2 amide bonds. The molecule has 1 unspecified atom stereocenters. The van der Waals surface area contributed by atoms with Gasteiger partial charge in [-0.3, -0.25) is 0 Å². The Morgan fingerprint density at radius 3 is 2.02 bits per heavy atom. The first-order valence-electron chi connectivity index (χ1n) is 21.9. The molecule has 0 radical (unpaired) electrons. The Hall–Kier alpha value is -2.15. The maximum Gasteiger partial charge on any atom is 0.408 e. The van der Waals surface area contributed by atoms with E-state index in [1.165, 1.54) is 0 Å². The Bertz CT molecular complexity index is 1560. The molecular formula is C45H76N2O10. The molecule has 57 heavy (non-hydrogen) atoms. The molecular weight excluding hydrogens is 728 g/mol. The van der Waals surface area contributed by atoms with Crippen LogP contribution in [-0.2, 0) is 23.7 Å². The maximum atomic E-state index is 14.0. The van der Waals surface area contributed by atoms with Crippen molar-refractivity contribution in [3.8, 4) is 0 Å². The minimum atomic E-state index is -0.998. The Morgan fingerprint density at radius 2 is 1.42 bits per heavy atom. The number of aliphatic hydroxyl groups excluding tert-OH is 2. The summed E-state index contributed by atoms with van der Waals surface area (Å²) in [6.45, 7) is 25.7. The van der Waals surface area contributed by atoms with Crippen LogP contribution in [0.3, 0.4) is 0 Å². The first-order chi connectivity index (χ1) is 25.9. The Balaban J connectivity index is 1.17. The van der Waals surface area contributed by atoms with Gasteiger partial charge in [-0.2, -0.15) is 0 Å². The Kier molecular flexibility index (Phi) is 11.1. The summed E-state index contributed by atoms with van der Waals surface area (Å²) in [4.78, 5) is 39.2. The molecule has 1 saturated heterocycles. The number of amides is 2. The molecule has 13 atom stereocenters. The largest absolute Gasteiger partial charge is 0.460 e. The molecule has 326 valence electrons. The van der Waals surface area contributed by atoms with Crippen LogP contribution in [0.4, 0.5) is 9.59 Å². The molecule has 0 aromatic rings. The summed E-state index contributed by atoms with van der Waals surface area (Å²) < 4.78 is 23.9. The Morgan fingerprint density at radius 1 is 0.789 bits per heavy atom. The van der Waals surface area contributed by atoms with E-state index in [1.54, 1.807) is 41.5 Å². The number of aliphatic hydroxyl groups is 3. The summed E-state index contributed by atoms with van der Waals surface area (Å²) in [6.07, 6.45) is 4.82. The van der Waals surface area contributed by atoms with E-state index in [0.29, 0.717) is 25.7 Å². The van der Waals surface area contributed by atoms with Crippen molar-refractivity contribution in [2.45, 2.75) is 213 Å². The molecule has 0 aromatic carbocycles. The van der Waals surface area contributed by atoms with Crippen LogP contribution < -0.4 is 10.6 Å². The molecule has 0 aromatic heterocycles. The molecule has 5 N–H and O–H groups in total. The van der Waals surface area contributed by atoms with Crippen molar-refractivity contribution in [1.29, 1.82) is 0 Å². The van der Waals surface area contributed by atoms with E-state index in [4.69, 9.17) is 18.9 Å². The van der Waals surface area contributed by atoms with Gasteiger partial charge in [-0.25, -0.2) is 14.4 Å². The van der Waals surface area contributed by atoms with Crippen LogP contribution in [0.15, 0.2) is 0 Å². The van der Waals surface area contributed by atoms with Crippen LogP contribution in [0.1, 0.15) is 161 Å². The normalized spacial score (nSPS) is 42.7. The second kappa shape index (κ2) is 14.2. The first-order valence-corrected chi connectivity index (χ1v) is 21.9. The third-order valence-electron chi connectivity index (χ3n) is 16.3. The molecule has 2 spiro atoms. The number of alkyl carbamates (subject to hydrolysis) is 2. The van der Waals surface area contributed by atoms with Crippen LogP contribution in [0.25, 0.3) is 0 Å². The zero-order valence-corrected chi connectivity index (χ0v) is 37.3. The molecule has 6 rings (SSSR count). The predicted octanol–water partition coefficient (Wildman–Crippen LogP) is 7.19. The van der Waals surface area contributed by atoms with Gasteiger partial charge in [0, 0.05) is 17.9 Å². The summed E-state index contributed by atoms with van der Waals surface area (Å²) in [5, 5.41) is 40.7. The monoisotopic (exact) mass is 805 g/mol. The van der Waals surface area contributed by atoms with Gasteiger partial charge in [0.25, 0.3) is 0 Å². The van der Waals surface area contributed by atoms with Crippen LogP contribution >= 0.6 is 0 Å². The van der Waals surface area contributed by atoms with Gasteiger partial charge in [0.1, 0.15) is 23.3 Å². The number of carbonyl (C=O) groups is 3. The summed E-state index contributed by atoms with van der Waals surface area (Å²) in [7, 11) is 0. The average molecular weight is 805 g/mol. The van der Waals surface area contributed by atoms with Crippen molar-refractivity contribution in [2.75, 3.05) is 6.54 Å². The van der Waals surface area contributed by atoms with E-state index in [0.717, 1.165) is 38.5 Å². The number of esters is 1. The lowest BCUT2D eigenvalue weighted by Gasteiger charge is -2.64. The number of rotatable bonds is 9. The van der Waals surface area contributed by atoms with Gasteiger partial charge in [0.2, 0.25) is 0 Å². The highest BCUT2D eigenvalue weighted by Gasteiger charge is 2.85. The highest BCUT2D eigenvalue weighted by molar-refractivity contribution is 5.81. The molecule has 1 heterocycles. The molecule has 6 aliphatic rings. The van der Waals surface area contributed by atoms with Crippen molar-refractivity contribution >= 4 is 18.2 Å². The molecule has 0 bridgehead atoms. The molecule has 6 fully saturated rings. The van der Waals surface area contributed by atoms with E-state index >= 15 is 0 Å². The summed E-state index contributed by atoms with van der Waals surface area (Å²) in [6, 6.07) is -0.998. The van der Waals surface area contributed by atoms with Crippen molar-refractivity contribution in [3.05, 3.63) is 0 Å². The fraction of sp³-hybridized carbons (Fsp3) is 0.933. The first kappa shape index (κ1) is 44.4. The van der Waals surface area contributed by atoms with Gasteiger partial charge < -0.3 is 44.9 Å². The van der Waals surface area contributed by atoms with Crippen LogP contribution in [-0.4, -0.2) is 92.9 Å². The molecule has 12 heteroatoms. The highest BCUT2D eigenvalue weighted by Crippen LogP contribution is 2.89. The molecule has 5 aliphatic carbocycles. The number of hydrogen-bond acceptors (Lipinski definition) is 10. The third kappa shape index (κ3) is 7.62. The molecule has 1 aliphatic heterocycles. The number of ether oxygens (including phenoxy) is 4. The molecule has 5 saturated carbocycles. The van der Waals surface area contributed by atoms with E-state index in [9.17, 15) is 29.7 Å². The van der Waals surface area contributed by atoms with Crippen molar-refractivity contribution in [2.24, 2.45) is 44.8 Å². The SMILES string of the molecule is CC(C)(C)OC(=O)NCCC[C@H](NC(=O)OC(C)(C)C)C(=O)O[C@H]1CC[C@]23C[C@]24CC[C@]2(C)[C@@H]([C@@]5(C)CC[C@@H](C(C)(C)O)O5)[C@@H](O)C[C@@]2(C)C4C[C@H](O)[C@H]3C1(C)C. The van der Waals surface area contributed by atoms with Gasteiger partial charge >= 0.3 is 18.2 Å². The van der Waals surface area contributed by atoms with Gasteiger partial charge in [-0.15, -0.1) is 0 Å². The number of fused-ring (bicyclic) bond motifs is 2. The Labute approximate surface area is 341 Å². The number of nitrogens with one attached hydrogen (secondary N) is 2. The van der Waals surface area contributed by atoms with Crippen LogP contribution in [0.2, 0.25) is 0 Å². The van der Waals surface area contributed by atoms with E-state index < -0.39 is 70.3 Å². The smallest absolute Gasteiger partial charge is 0.408 e. The lowest BCUT2D eigenvalue weighted by molar-refractivity contribution is -0.218. The third-order valence-corrected chi connectivity index (χ3v) is 16.3. The quantitative estimate of drug-likeness (QED) is 0.0913. The van der Waals surface area contributed by atoms with E-state index in [-0.39, 0.29) is 58.5 Å². The van der Waals surface area contributed by atoms with Gasteiger partial charge in [-0.05, 0) is 166 Å². The van der Waals surface area contributed by atoms with Gasteiger partial charge in [0.15, 0.2) is 0 Å². The average Bonchev–Trinajstić information content (AvgIpc) is 3.39. The van der Waals surface area contributed by atoms with Crippen molar-refractivity contribution < 1.29 is 48.7 Å². The fourth-order valence-corrected chi connectivity index (χ4v) is 14.1. The predicted molar refractivity (Wildman–Crippen MR) is 215 cm³/mol. The van der Waals surface area contributed by atoms with Crippen LogP contribution in [0.5, 0.6) is 0 Å². The van der Waals surface area contributed by atoms with Crippen LogP contribution in [0, 0.1) is 44.8 Å². The lowest BCUT2D eigenvalue weighted by Crippen LogP contribution is -2.62. The summed E-state index contributed by atoms with van der Waals surface area (Å²) >= 11 is 0. The standard InChI is InChI=1S/C45H76N2O10/c1-37(2,3)56-35(51)46-22-14-15-26(47-36(52)57-38(4,5)6)34(50)54-30-17-19-45-25-44(45)21-20-41(11)33(43(13)18-16-31(55-43)40(9,10)53)28(49)24-42(41,12)29(44)23-27(48)32(45)39(30,7)8/h26-33,48-49,53H,14-25H2,1-13H3,(H,46,51)(H,47,52)/t26-,27-,28-,29?,30-,31-,32-,33-,41+,42-,43+,44-,45+/m0/s1. The lowest BCUT2D eigenvalue weighted by atomic mass is 9.41. The van der Waals surface area contributed by atoms with E-state index in [1.807, 2.05) is 13.8 Å². The van der Waals surface area contributed by atoms with Gasteiger partial charge in [-0.1, -0.05) is 27.7 Å². The minimum absolute atomic E-state index is 0.0427. The summed E-state index contributed by atoms with van der Waals surface area (Å²) in [5.41, 5.74) is -3.92. The summed E-state index contributed by atoms with van der Waals surface area (Å²) in [5.74, 6) is -0.480. The zero-order valence-electron chi connectivity index (χ0n) is 37.3. The minimum Gasteiger partial charge on any atom is -0.460 e. The number of carbonyl (C=O) groups excluding carboxylic acids is 3. The second-order valence-corrected chi connectivity index (χ2v) is 23.1. The highest BCUT2D eigenvalue weighted by atomic mass is 16.6. The van der Waals surface area contributed by atoms with Gasteiger partial charge in [0.05, 0.1) is 29.5 Å². The van der Waals surface area contributed by atoms with Crippen molar-refractivity contribution in [1.82, 2.24) is 10.6 Å². The van der Waals surface area contributed by atoms with Crippen molar-refractivity contribution in [3.63, 3.8) is 0 Å². The topological polar surface area (TPSA) is 173 Å².